The van der Waals surface area contributed by atoms with Crippen molar-refractivity contribution in [2.24, 2.45) is 5.73 Å². The quantitative estimate of drug-likeness (QED) is 0.537. The number of hydrogen-bond donors (Lipinski definition) is 1. The Bertz CT molecular complexity index is 81.2. The van der Waals surface area contributed by atoms with Gasteiger partial charge < -0.3 is 5.73 Å². The third kappa shape index (κ3) is 10.3. The van der Waals surface area contributed by atoms with E-state index in [-0.39, 0.29) is 15.8 Å². The second-order valence-electron chi connectivity index (χ2n) is 1.15. The van der Waals surface area contributed by atoms with Crippen LogP contribution in [0.15, 0.2) is 36.4 Å². The van der Waals surface area contributed by atoms with Crippen LogP contribution in [0, 0.1) is 0 Å². The molecule has 2 heteroatoms. The summed E-state index contributed by atoms with van der Waals surface area (Å²) in [6.45, 7) is 0. The minimum atomic E-state index is 0. The van der Waals surface area contributed by atoms with Crippen LogP contribution in [0.1, 0.15) is 7.43 Å². The van der Waals surface area contributed by atoms with Crippen LogP contribution in [0.25, 0.3) is 0 Å². The number of benzene rings is 1. The largest absolute Gasteiger partial charge is 0.333 e. The molecule has 0 aliphatic rings. The van der Waals surface area contributed by atoms with Crippen LogP contribution in [0.5, 0.6) is 0 Å². The van der Waals surface area contributed by atoms with Crippen LogP contribution in [-0.4, -0.2) is 15.5 Å². The molecule has 0 saturated carbocycles. The summed E-state index contributed by atoms with van der Waals surface area (Å²) in [4.78, 5) is 0. The average molecular weight is 136 g/mol. The Labute approximate surface area is 65.8 Å². The summed E-state index contributed by atoms with van der Waals surface area (Å²) in [7, 11) is 1.50. The molecule has 10 heavy (non-hydrogen) atoms. The van der Waals surface area contributed by atoms with E-state index in [1.807, 2.05) is 36.4 Å². The Balaban J connectivity index is -0.000000114. The van der Waals surface area contributed by atoms with Crippen molar-refractivity contribution in [3.8, 4) is 0 Å². The fourth-order valence-corrected chi connectivity index (χ4v) is 0.385. The van der Waals surface area contributed by atoms with Gasteiger partial charge in [-0.3, -0.25) is 0 Å². The molecular formula is C8H15BN. The summed E-state index contributed by atoms with van der Waals surface area (Å²) in [6.07, 6.45) is 0. The first kappa shape index (κ1) is 16.1. The molecule has 0 atom stereocenters. The molecule has 0 amide bonds. The molecule has 0 aliphatic carbocycles. The van der Waals surface area contributed by atoms with Gasteiger partial charge in [-0.2, -0.15) is 0 Å². The number of hydrogen-bond acceptors (Lipinski definition) is 1. The lowest BCUT2D eigenvalue weighted by Crippen LogP contribution is -1.69. The maximum Gasteiger partial charge on any atom is 0 e. The maximum absolute atomic E-state index is 4.50. The normalized spacial score (nSPS) is 5.40. The fraction of sp³-hybridized carbons (Fsp3) is 0.250. The Kier molecular flexibility index (Phi) is 25.4. The van der Waals surface area contributed by atoms with E-state index in [0.717, 1.165) is 0 Å². The Hall–Kier alpha value is -0.755. The van der Waals surface area contributed by atoms with Gasteiger partial charge in [0.05, 0.1) is 0 Å². The van der Waals surface area contributed by atoms with E-state index in [0.29, 0.717) is 0 Å². The first-order valence-electron chi connectivity index (χ1n) is 2.58. The lowest BCUT2D eigenvalue weighted by atomic mass is 10.4. The van der Waals surface area contributed by atoms with Gasteiger partial charge in [0.1, 0.15) is 0 Å². The summed E-state index contributed by atoms with van der Waals surface area (Å²) in [6, 6.07) is 12.0. The molecule has 0 aromatic heterocycles. The number of rotatable bonds is 0. The molecule has 0 fully saturated rings. The van der Waals surface area contributed by atoms with Crippen LogP contribution in [0.3, 0.4) is 0 Å². The van der Waals surface area contributed by atoms with Crippen LogP contribution < -0.4 is 5.73 Å². The molecule has 3 radical (unpaired) electrons. The molecule has 0 unspecified atom stereocenters. The van der Waals surface area contributed by atoms with Crippen molar-refractivity contribution in [2.75, 3.05) is 7.05 Å². The van der Waals surface area contributed by atoms with Crippen molar-refractivity contribution in [3.05, 3.63) is 36.4 Å². The van der Waals surface area contributed by atoms with Crippen LogP contribution in [0.2, 0.25) is 0 Å². The molecule has 0 heterocycles. The monoisotopic (exact) mass is 136 g/mol. The second-order valence-corrected chi connectivity index (χ2v) is 1.15. The smallest absolute Gasteiger partial charge is 0 e. The summed E-state index contributed by atoms with van der Waals surface area (Å²) in [5.41, 5.74) is 4.50. The van der Waals surface area contributed by atoms with E-state index in [1.54, 1.807) is 0 Å². The maximum atomic E-state index is 4.50. The molecule has 2 N–H and O–H groups in total. The van der Waals surface area contributed by atoms with Gasteiger partial charge in [-0.05, 0) is 7.05 Å². The zero-order valence-corrected chi connectivity index (χ0v) is 5.62. The average Bonchev–Trinajstić information content (AvgIpc) is 1.96. The van der Waals surface area contributed by atoms with E-state index in [4.69, 9.17) is 0 Å². The minimum Gasteiger partial charge on any atom is -0.333 e. The van der Waals surface area contributed by atoms with Crippen LogP contribution in [0.4, 0.5) is 0 Å². The van der Waals surface area contributed by atoms with Gasteiger partial charge >= 0.3 is 0 Å². The predicted molar refractivity (Wildman–Crippen MR) is 49.0 cm³/mol. The molecule has 0 spiro atoms. The molecular weight excluding hydrogens is 121 g/mol. The zero-order valence-electron chi connectivity index (χ0n) is 5.62. The zero-order chi connectivity index (χ0) is 6.24. The minimum absolute atomic E-state index is 0. The standard InChI is InChI=1S/C6H6.CH5N.CH4.B/c1-2-4-6-5-3-1;1-2;;/h1-6H;2H2,1H3;1H4;. The molecule has 1 nitrogen and oxygen atoms in total. The van der Waals surface area contributed by atoms with Crippen molar-refractivity contribution in [3.63, 3.8) is 0 Å². The third-order valence-electron chi connectivity index (χ3n) is 0.667. The summed E-state index contributed by atoms with van der Waals surface area (Å²) in [5.74, 6) is 0. The van der Waals surface area contributed by atoms with E-state index >= 15 is 0 Å². The molecule has 0 saturated heterocycles. The highest BCUT2D eigenvalue weighted by Crippen LogP contribution is 1.79. The summed E-state index contributed by atoms with van der Waals surface area (Å²) >= 11 is 0. The van der Waals surface area contributed by atoms with Gasteiger partial charge in [0.15, 0.2) is 0 Å². The Morgan fingerprint density at radius 2 is 0.800 bits per heavy atom. The molecule has 0 aliphatic heterocycles. The van der Waals surface area contributed by atoms with Crippen LogP contribution >= 0.6 is 0 Å². The molecule has 0 bridgehead atoms. The van der Waals surface area contributed by atoms with Gasteiger partial charge in [0.25, 0.3) is 0 Å². The van der Waals surface area contributed by atoms with Gasteiger partial charge in [-0.1, -0.05) is 43.8 Å². The van der Waals surface area contributed by atoms with Crippen LogP contribution in [-0.2, 0) is 0 Å². The van der Waals surface area contributed by atoms with E-state index in [9.17, 15) is 0 Å². The number of nitrogens with two attached hydrogens (primary N) is 1. The van der Waals surface area contributed by atoms with Crippen molar-refractivity contribution in [1.29, 1.82) is 0 Å². The second kappa shape index (κ2) is 15.7. The van der Waals surface area contributed by atoms with Crippen molar-refractivity contribution in [2.45, 2.75) is 7.43 Å². The van der Waals surface area contributed by atoms with Gasteiger partial charge in [-0.15, -0.1) is 0 Å². The van der Waals surface area contributed by atoms with Crippen molar-refractivity contribution in [1.82, 2.24) is 0 Å². The lowest BCUT2D eigenvalue weighted by molar-refractivity contribution is 1.48. The first-order valence-corrected chi connectivity index (χ1v) is 2.58. The first-order chi connectivity index (χ1) is 4.00. The summed E-state index contributed by atoms with van der Waals surface area (Å²) < 4.78 is 0. The summed E-state index contributed by atoms with van der Waals surface area (Å²) in [5, 5.41) is 0. The highest BCUT2D eigenvalue weighted by molar-refractivity contribution is 5.75. The lowest BCUT2D eigenvalue weighted by Gasteiger charge is -1.69. The highest BCUT2D eigenvalue weighted by atomic mass is 14.4. The van der Waals surface area contributed by atoms with Gasteiger partial charge in [-0.25, -0.2) is 0 Å². The Morgan fingerprint density at radius 1 is 0.700 bits per heavy atom. The van der Waals surface area contributed by atoms with Gasteiger partial charge in [0, 0.05) is 8.41 Å². The van der Waals surface area contributed by atoms with E-state index in [2.05, 4.69) is 5.73 Å². The third-order valence-corrected chi connectivity index (χ3v) is 0.667. The van der Waals surface area contributed by atoms with E-state index < -0.39 is 0 Å². The van der Waals surface area contributed by atoms with Crippen molar-refractivity contribution >= 4 is 8.41 Å². The van der Waals surface area contributed by atoms with E-state index in [1.165, 1.54) is 7.05 Å². The molecule has 1 rings (SSSR count). The predicted octanol–water partition coefficient (Wildman–Crippen LogP) is 1.52. The van der Waals surface area contributed by atoms with Gasteiger partial charge in [0.2, 0.25) is 0 Å². The Morgan fingerprint density at radius 3 is 0.900 bits per heavy atom. The van der Waals surface area contributed by atoms with Crippen molar-refractivity contribution < 1.29 is 0 Å². The molecule has 1 aromatic rings. The molecule has 1 aromatic carbocycles. The topological polar surface area (TPSA) is 26.0 Å². The highest BCUT2D eigenvalue weighted by Gasteiger charge is 1.57. The SMILES string of the molecule is C.CN.[B].c1ccccc1. The molecule has 55 valence electrons. The fourth-order valence-electron chi connectivity index (χ4n) is 0.385.